The molecule has 4 rings (SSSR count). The van der Waals surface area contributed by atoms with Gasteiger partial charge in [0.2, 0.25) is 0 Å². The van der Waals surface area contributed by atoms with Crippen LogP contribution in [-0.2, 0) is 32.1 Å². The molecule has 8 nitrogen and oxygen atoms in total. The van der Waals surface area contributed by atoms with Gasteiger partial charge in [-0.05, 0) is 55.7 Å². The lowest BCUT2D eigenvalue weighted by molar-refractivity contribution is -0.153. The van der Waals surface area contributed by atoms with Gasteiger partial charge in [-0.3, -0.25) is 0 Å². The van der Waals surface area contributed by atoms with Crippen LogP contribution in [0.25, 0.3) is 11.0 Å². The van der Waals surface area contributed by atoms with Crippen molar-refractivity contribution in [2.45, 2.75) is 38.8 Å². The number of nitrogens with zero attached hydrogens (tertiary/aromatic N) is 3. The predicted octanol–water partition coefficient (Wildman–Crippen LogP) is 4.00. The van der Waals surface area contributed by atoms with Gasteiger partial charge in [0.05, 0.1) is 19.3 Å². The van der Waals surface area contributed by atoms with Crippen molar-refractivity contribution in [1.29, 1.82) is 0 Å². The standard InChI is InChI=1S/C26H31N3O5/c1-4-33-23(26(30)31-2)17-18-5-10-21(11-6-18)34-16-15-29-14-13-20-9-12-22(27-25(20)29)24(28-32-3)19-7-8-19/h5-6,9-14,19,23H,4,7-8,15-17H2,1-3H3. The van der Waals surface area contributed by atoms with E-state index in [4.69, 9.17) is 24.0 Å². The fourth-order valence-corrected chi connectivity index (χ4v) is 3.91. The quantitative estimate of drug-likeness (QED) is 0.228. The first kappa shape index (κ1) is 23.8. The Bertz CT molecular complexity index is 1140. The van der Waals surface area contributed by atoms with E-state index in [1.165, 1.54) is 7.11 Å². The van der Waals surface area contributed by atoms with E-state index in [-0.39, 0.29) is 5.97 Å². The predicted molar refractivity (Wildman–Crippen MR) is 129 cm³/mol. The second-order valence-electron chi connectivity index (χ2n) is 8.22. The van der Waals surface area contributed by atoms with Crippen LogP contribution in [0.3, 0.4) is 0 Å². The molecule has 2 aromatic heterocycles. The summed E-state index contributed by atoms with van der Waals surface area (Å²) in [5.74, 6) is 0.842. The third kappa shape index (κ3) is 5.75. The molecule has 34 heavy (non-hydrogen) atoms. The number of hydrogen-bond donors (Lipinski definition) is 0. The number of benzene rings is 1. The lowest BCUT2D eigenvalue weighted by atomic mass is 10.1. The molecule has 0 saturated heterocycles. The number of aromatic nitrogens is 2. The number of rotatable bonds is 12. The second kappa shape index (κ2) is 11.2. The van der Waals surface area contributed by atoms with Crippen LogP contribution in [0.1, 0.15) is 31.0 Å². The van der Waals surface area contributed by atoms with Gasteiger partial charge in [0, 0.05) is 30.5 Å². The largest absolute Gasteiger partial charge is 0.492 e. The normalized spacial score (nSPS) is 14.7. The topological polar surface area (TPSA) is 84.2 Å². The van der Waals surface area contributed by atoms with E-state index in [0.29, 0.717) is 32.1 Å². The Kier molecular flexibility index (Phi) is 7.80. The van der Waals surface area contributed by atoms with Gasteiger partial charge in [0.25, 0.3) is 0 Å². The van der Waals surface area contributed by atoms with Crippen LogP contribution in [0.5, 0.6) is 5.75 Å². The minimum Gasteiger partial charge on any atom is -0.492 e. The third-order valence-corrected chi connectivity index (χ3v) is 5.80. The molecule has 3 aromatic rings. The van der Waals surface area contributed by atoms with Gasteiger partial charge in [0.1, 0.15) is 30.8 Å². The van der Waals surface area contributed by atoms with E-state index in [1.54, 1.807) is 7.11 Å². The van der Waals surface area contributed by atoms with Crippen molar-refractivity contribution >= 4 is 22.7 Å². The first-order valence-corrected chi connectivity index (χ1v) is 11.6. The number of fused-ring (bicyclic) bond motifs is 1. The zero-order chi connectivity index (χ0) is 23.9. The molecule has 0 bridgehead atoms. The van der Waals surface area contributed by atoms with Crippen molar-refractivity contribution in [1.82, 2.24) is 9.55 Å². The van der Waals surface area contributed by atoms with E-state index in [2.05, 4.69) is 21.9 Å². The van der Waals surface area contributed by atoms with Crippen molar-refractivity contribution in [3.8, 4) is 5.75 Å². The summed E-state index contributed by atoms with van der Waals surface area (Å²) in [5.41, 5.74) is 3.68. The highest BCUT2D eigenvalue weighted by molar-refractivity contribution is 6.03. The monoisotopic (exact) mass is 465 g/mol. The van der Waals surface area contributed by atoms with E-state index in [0.717, 1.165) is 46.6 Å². The smallest absolute Gasteiger partial charge is 0.335 e. The summed E-state index contributed by atoms with van der Waals surface area (Å²) in [7, 11) is 2.94. The molecule has 0 aliphatic heterocycles. The summed E-state index contributed by atoms with van der Waals surface area (Å²) in [6.45, 7) is 3.47. The molecule has 0 N–H and O–H groups in total. The number of esters is 1. The van der Waals surface area contributed by atoms with E-state index in [9.17, 15) is 4.79 Å². The van der Waals surface area contributed by atoms with Gasteiger partial charge in [-0.1, -0.05) is 17.3 Å². The number of carbonyl (C=O) groups excluding carboxylic acids is 1. The van der Waals surface area contributed by atoms with Crippen LogP contribution in [0, 0.1) is 5.92 Å². The maximum Gasteiger partial charge on any atom is 0.335 e. The van der Waals surface area contributed by atoms with Crippen LogP contribution in [0.2, 0.25) is 0 Å². The second-order valence-corrected chi connectivity index (χ2v) is 8.22. The molecule has 1 unspecified atom stereocenters. The maximum atomic E-state index is 11.9. The third-order valence-electron chi connectivity index (χ3n) is 5.80. The molecule has 1 aromatic carbocycles. The highest BCUT2D eigenvalue weighted by atomic mass is 16.6. The zero-order valence-electron chi connectivity index (χ0n) is 19.9. The van der Waals surface area contributed by atoms with Crippen molar-refractivity contribution in [2.75, 3.05) is 27.4 Å². The molecule has 1 aliphatic rings. The highest BCUT2D eigenvalue weighted by Gasteiger charge is 2.30. The van der Waals surface area contributed by atoms with Gasteiger partial charge in [-0.2, -0.15) is 0 Å². The van der Waals surface area contributed by atoms with Crippen molar-refractivity contribution < 1.29 is 23.8 Å². The molecular weight excluding hydrogens is 434 g/mol. The number of ether oxygens (including phenoxy) is 3. The fourth-order valence-electron chi connectivity index (χ4n) is 3.91. The molecule has 1 saturated carbocycles. The van der Waals surface area contributed by atoms with E-state index < -0.39 is 6.10 Å². The molecular formula is C26H31N3O5. The van der Waals surface area contributed by atoms with Gasteiger partial charge >= 0.3 is 5.97 Å². The maximum absolute atomic E-state index is 11.9. The van der Waals surface area contributed by atoms with Gasteiger partial charge in [-0.15, -0.1) is 0 Å². The SMILES string of the molecule is CCOC(Cc1ccc(OCCn2ccc3ccc(C(=NOC)C4CC4)nc32)cc1)C(=O)OC. The molecule has 2 heterocycles. The van der Waals surface area contributed by atoms with E-state index in [1.807, 2.05) is 43.5 Å². The summed E-state index contributed by atoms with van der Waals surface area (Å²) < 4.78 is 18.4. The summed E-state index contributed by atoms with van der Waals surface area (Å²) in [5, 5.41) is 5.29. The number of pyridine rings is 1. The molecule has 180 valence electrons. The number of carbonyl (C=O) groups is 1. The Morgan fingerprint density at radius 2 is 1.94 bits per heavy atom. The van der Waals surface area contributed by atoms with Gasteiger partial charge < -0.3 is 23.6 Å². The number of oxime groups is 1. The van der Waals surface area contributed by atoms with Crippen LogP contribution in [0.4, 0.5) is 0 Å². The van der Waals surface area contributed by atoms with E-state index >= 15 is 0 Å². The Balaban J connectivity index is 1.37. The molecule has 1 fully saturated rings. The molecule has 8 heteroatoms. The Morgan fingerprint density at radius 1 is 1.15 bits per heavy atom. The van der Waals surface area contributed by atoms with Gasteiger partial charge in [0.15, 0.2) is 6.10 Å². The first-order chi connectivity index (χ1) is 16.6. The van der Waals surface area contributed by atoms with Crippen molar-refractivity contribution in [3.63, 3.8) is 0 Å². The number of hydrogen-bond acceptors (Lipinski definition) is 7. The summed E-state index contributed by atoms with van der Waals surface area (Å²) in [6, 6.07) is 13.8. The first-order valence-electron chi connectivity index (χ1n) is 11.6. The average molecular weight is 466 g/mol. The van der Waals surface area contributed by atoms with Crippen molar-refractivity contribution in [2.24, 2.45) is 11.1 Å². The van der Waals surface area contributed by atoms with Crippen LogP contribution < -0.4 is 4.74 Å². The Hall–Kier alpha value is -3.39. The Morgan fingerprint density at radius 3 is 2.62 bits per heavy atom. The zero-order valence-corrected chi connectivity index (χ0v) is 19.9. The number of methoxy groups -OCH3 is 1. The minimum absolute atomic E-state index is 0.365. The lowest BCUT2D eigenvalue weighted by Crippen LogP contribution is -2.28. The lowest BCUT2D eigenvalue weighted by Gasteiger charge is -2.15. The highest BCUT2D eigenvalue weighted by Crippen LogP contribution is 2.33. The molecule has 1 aliphatic carbocycles. The molecule has 0 spiro atoms. The fraction of sp³-hybridized carbons (Fsp3) is 0.423. The Labute approximate surface area is 199 Å². The molecule has 1 atom stereocenters. The van der Waals surface area contributed by atoms with Crippen LogP contribution >= 0.6 is 0 Å². The summed E-state index contributed by atoms with van der Waals surface area (Å²) in [4.78, 5) is 21.8. The molecule has 0 amide bonds. The van der Waals surface area contributed by atoms with Crippen LogP contribution in [0.15, 0.2) is 53.8 Å². The summed E-state index contributed by atoms with van der Waals surface area (Å²) >= 11 is 0. The summed E-state index contributed by atoms with van der Waals surface area (Å²) in [6.07, 6.45) is 4.14. The molecule has 0 radical (unpaired) electrons. The van der Waals surface area contributed by atoms with Gasteiger partial charge in [-0.25, -0.2) is 9.78 Å². The van der Waals surface area contributed by atoms with Crippen molar-refractivity contribution in [3.05, 3.63) is 59.9 Å². The van der Waals surface area contributed by atoms with Crippen LogP contribution in [-0.4, -0.2) is 54.8 Å². The average Bonchev–Trinajstić information content (AvgIpc) is 3.63. The minimum atomic E-state index is -0.601.